The molecule has 3 aromatic rings. The summed E-state index contributed by atoms with van der Waals surface area (Å²) < 4.78 is 45.0. The SMILES string of the molecule is Cc1nc(-c2cccc(S(=O)(=O)Nc3ccc(F)cc3)c2)no1. The molecule has 0 saturated heterocycles. The van der Waals surface area contributed by atoms with Crippen molar-refractivity contribution in [1.82, 2.24) is 10.1 Å². The van der Waals surface area contributed by atoms with Crippen LogP contribution in [0.2, 0.25) is 0 Å². The van der Waals surface area contributed by atoms with Gasteiger partial charge in [0.1, 0.15) is 5.82 Å². The molecule has 0 radical (unpaired) electrons. The summed E-state index contributed by atoms with van der Waals surface area (Å²) in [5, 5.41) is 3.76. The summed E-state index contributed by atoms with van der Waals surface area (Å²) in [6, 6.07) is 11.2. The first-order valence-electron chi connectivity index (χ1n) is 6.63. The maximum Gasteiger partial charge on any atom is 0.261 e. The summed E-state index contributed by atoms with van der Waals surface area (Å²) in [7, 11) is -3.81. The van der Waals surface area contributed by atoms with E-state index in [1.165, 1.54) is 36.4 Å². The Morgan fingerprint density at radius 1 is 1.13 bits per heavy atom. The average Bonchev–Trinajstić information content (AvgIpc) is 2.96. The van der Waals surface area contributed by atoms with E-state index in [1.54, 1.807) is 19.1 Å². The van der Waals surface area contributed by atoms with Crippen LogP contribution in [0.5, 0.6) is 0 Å². The zero-order chi connectivity index (χ0) is 16.4. The van der Waals surface area contributed by atoms with Crippen molar-refractivity contribution in [2.24, 2.45) is 0 Å². The summed E-state index contributed by atoms with van der Waals surface area (Å²) in [5.41, 5.74) is 0.788. The minimum absolute atomic E-state index is 0.0433. The fraction of sp³-hybridized carbons (Fsp3) is 0.0667. The molecule has 0 fully saturated rings. The van der Waals surface area contributed by atoms with Crippen molar-refractivity contribution in [3.63, 3.8) is 0 Å². The van der Waals surface area contributed by atoms with Gasteiger partial charge in [-0.2, -0.15) is 4.98 Å². The minimum Gasteiger partial charge on any atom is -0.339 e. The molecule has 8 heteroatoms. The van der Waals surface area contributed by atoms with E-state index in [9.17, 15) is 12.8 Å². The Hall–Kier alpha value is -2.74. The van der Waals surface area contributed by atoms with Gasteiger partial charge in [0.15, 0.2) is 0 Å². The van der Waals surface area contributed by atoms with Gasteiger partial charge in [-0.15, -0.1) is 0 Å². The highest BCUT2D eigenvalue weighted by atomic mass is 32.2. The molecule has 0 amide bonds. The van der Waals surface area contributed by atoms with Crippen LogP contribution in [0.25, 0.3) is 11.4 Å². The van der Waals surface area contributed by atoms with Crippen LogP contribution in [0.3, 0.4) is 0 Å². The minimum atomic E-state index is -3.81. The number of benzene rings is 2. The van der Waals surface area contributed by atoms with Gasteiger partial charge in [-0.05, 0) is 36.4 Å². The fourth-order valence-electron chi connectivity index (χ4n) is 1.95. The second-order valence-electron chi connectivity index (χ2n) is 4.78. The molecule has 118 valence electrons. The molecule has 1 heterocycles. The monoisotopic (exact) mass is 333 g/mol. The normalized spacial score (nSPS) is 11.4. The molecule has 3 rings (SSSR count). The van der Waals surface area contributed by atoms with Crippen LogP contribution in [-0.4, -0.2) is 18.6 Å². The zero-order valence-electron chi connectivity index (χ0n) is 12.0. The summed E-state index contributed by atoms with van der Waals surface area (Å²) in [5.74, 6) is 0.251. The molecule has 0 atom stereocenters. The lowest BCUT2D eigenvalue weighted by Crippen LogP contribution is -2.13. The second kappa shape index (κ2) is 5.81. The van der Waals surface area contributed by atoms with E-state index in [4.69, 9.17) is 4.52 Å². The van der Waals surface area contributed by atoms with Gasteiger partial charge in [-0.25, -0.2) is 12.8 Å². The Bertz CT molecular complexity index is 937. The van der Waals surface area contributed by atoms with Gasteiger partial charge in [0, 0.05) is 18.2 Å². The molecular weight excluding hydrogens is 321 g/mol. The molecule has 0 aliphatic carbocycles. The van der Waals surface area contributed by atoms with Crippen molar-refractivity contribution in [3.05, 3.63) is 60.2 Å². The molecule has 23 heavy (non-hydrogen) atoms. The van der Waals surface area contributed by atoms with Crippen LogP contribution in [0.4, 0.5) is 10.1 Å². The summed E-state index contributed by atoms with van der Waals surface area (Å²) in [4.78, 5) is 4.11. The van der Waals surface area contributed by atoms with E-state index in [1.807, 2.05) is 0 Å². The predicted molar refractivity (Wildman–Crippen MR) is 81.7 cm³/mol. The smallest absolute Gasteiger partial charge is 0.261 e. The van der Waals surface area contributed by atoms with Crippen molar-refractivity contribution in [2.45, 2.75) is 11.8 Å². The van der Waals surface area contributed by atoms with Crippen molar-refractivity contribution < 1.29 is 17.3 Å². The lowest BCUT2D eigenvalue weighted by atomic mass is 10.2. The number of aromatic nitrogens is 2. The van der Waals surface area contributed by atoms with Crippen molar-refractivity contribution in [1.29, 1.82) is 0 Å². The summed E-state index contributed by atoms with van der Waals surface area (Å²) in [6.07, 6.45) is 0. The van der Waals surface area contributed by atoms with E-state index in [-0.39, 0.29) is 10.6 Å². The number of hydrogen-bond acceptors (Lipinski definition) is 5. The highest BCUT2D eigenvalue weighted by Crippen LogP contribution is 2.22. The molecule has 0 aliphatic rings. The topological polar surface area (TPSA) is 85.1 Å². The molecule has 2 aromatic carbocycles. The Labute approximate surface area is 132 Å². The molecule has 0 bridgehead atoms. The maximum absolute atomic E-state index is 12.9. The van der Waals surface area contributed by atoms with Crippen LogP contribution in [0.1, 0.15) is 5.89 Å². The molecule has 1 N–H and O–H groups in total. The predicted octanol–water partition coefficient (Wildman–Crippen LogP) is 2.98. The number of nitrogens with one attached hydrogen (secondary N) is 1. The van der Waals surface area contributed by atoms with E-state index < -0.39 is 15.8 Å². The van der Waals surface area contributed by atoms with Crippen LogP contribution in [0.15, 0.2) is 57.9 Å². The second-order valence-corrected chi connectivity index (χ2v) is 6.46. The molecule has 0 aliphatic heterocycles. The van der Waals surface area contributed by atoms with Crippen molar-refractivity contribution in [3.8, 4) is 11.4 Å². The molecule has 0 spiro atoms. The lowest BCUT2D eigenvalue weighted by Gasteiger charge is -2.08. The van der Waals surface area contributed by atoms with E-state index in [0.29, 0.717) is 17.3 Å². The van der Waals surface area contributed by atoms with E-state index in [0.717, 1.165) is 0 Å². The van der Waals surface area contributed by atoms with Gasteiger partial charge in [-0.3, -0.25) is 4.72 Å². The van der Waals surface area contributed by atoms with E-state index >= 15 is 0 Å². The first kappa shape index (κ1) is 15.2. The standard InChI is InChI=1S/C15H12FN3O3S/c1-10-17-15(18-22-10)11-3-2-4-14(9-11)23(20,21)19-13-7-5-12(16)6-8-13/h2-9,19H,1H3. The third-order valence-electron chi connectivity index (χ3n) is 3.03. The number of sulfonamides is 1. The van der Waals surface area contributed by atoms with E-state index in [2.05, 4.69) is 14.9 Å². The van der Waals surface area contributed by atoms with Gasteiger partial charge >= 0.3 is 0 Å². The molecule has 1 aromatic heterocycles. The zero-order valence-corrected chi connectivity index (χ0v) is 12.8. The molecule has 6 nitrogen and oxygen atoms in total. The van der Waals surface area contributed by atoms with Crippen molar-refractivity contribution in [2.75, 3.05) is 4.72 Å². The third-order valence-corrected chi connectivity index (χ3v) is 4.41. The largest absolute Gasteiger partial charge is 0.339 e. The van der Waals surface area contributed by atoms with Crippen molar-refractivity contribution >= 4 is 15.7 Å². The Balaban J connectivity index is 1.92. The molecule has 0 saturated carbocycles. The number of halogens is 1. The van der Waals surface area contributed by atoms with Gasteiger partial charge < -0.3 is 4.52 Å². The number of hydrogen-bond donors (Lipinski definition) is 1. The van der Waals surface area contributed by atoms with Gasteiger partial charge in [0.05, 0.1) is 4.90 Å². The van der Waals surface area contributed by atoms with Crippen LogP contribution >= 0.6 is 0 Å². The fourth-order valence-corrected chi connectivity index (χ4v) is 3.05. The van der Waals surface area contributed by atoms with Gasteiger partial charge in [0.25, 0.3) is 10.0 Å². The van der Waals surface area contributed by atoms with Crippen LogP contribution in [0, 0.1) is 12.7 Å². The molecule has 0 unspecified atom stereocenters. The number of aryl methyl sites for hydroxylation is 1. The first-order valence-corrected chi connectivity index (χ1v) is 8.11. The van der Waals surface area contributed by atoms with Gasteiger partial charge in [0.2, 0.25) is 11.7 Å². The van der Waals surface area contributed by atoms with Gasteiger partial charge in [-0.1, -0.05) is 17.3 Å². The Morgan fingerprint density at radius 2 is 1.87 bits per heavy atom. The summed E-state index contributed by atoms with van der Waals surface area (Å²) in [6.45, 7) is 1.65. The Morgan fingerprint density at radius 3 is 2.52 bits per heavy atom. The number of nitrogens with zero attached hydrogens (tertiary/aromatic N) is 2. The highest BCUT2D eigenvalue weighted by Gasteiger charge is 2.16. The molecular formula is C15H12FN3O3S. The number of rotatable bonds is 4. The number of anilines is 1. The summed E-state index contributed by atoms with van der Waals surface area (Å²) >= 11 is 0. The Kier molecular flexibility index (Phi) is 3.83. The average molecular weight is 333 g/mol. The third kappa shape index (κ3) is 3.37. The quantitative estimate of drug-likeness (QED) is 0.793. The first-order chi connectivity index (χ1) is 10.9. The highest BCUT2D eigenvalue weighted by molar-refractivity contribution is 7.92. The lowest BCUT2D eigenvalue weighted by molar-refractivity contribution is 0.394. The van der Waals surface area contributed by atoms with Crippen LogP contribution in [-0.2, 0) is 10.0 Å². The van der Waals surface area contributed by atoms with Crippen LogP contribution < -0.4 is 4.72 Å². The maximum atomic E-state index is 12.9.